The maximum absolute atomic E-state index is 14.3. The van der Waals surface area contributed by atoms with Gasteiger partial charge in [0.05, 0.1) is 18.2 Å². The first-order valence-corrected chi connectivity index (χ1v) is 8.17. The van der Waals surface area contributed by atoms with E-state index in [2.05, 4.69) is 20.6 Å². The topological polar surface area (TPSA) is 102 Å². The highest BCUT2D eigenvalue weighted by atomic mass is 19.1. The van der Waals surface area contributed by atoms with E-state index in [1.165, 1.54) is 13.3 Å². The van der Waals surface area contributed by atoms with Crippen LogP contribution in [0.4, 0.5) is 20.5 Å². The molecular formula is C17H19F2N5O2. The Morgan fingerprint density at radius 1 is 1.35 bits per heavy atom. The number of hydrogen-bond acceptors (Lipinski definition) is 7. The lowest BCUT2D eigenvalue weighted by Crippen LogP contribution is -2.35. The van der Waals surface area contributed by atoms with E-state index in [9.17, 15) is 13.6 Å². The van der Waals surface area contributed by atoms with Crippen LogP contribution in [-0.4, -0.2) is 42.0 Å². The highest BCUT2D eigenvalue weighted by Gasteiger charge is 2.25. The average Bonchev–Trinajstić information content (AvgIpc) is 2.63. The first kappa shape index (κ1) is 18.0. The van der Waals surface area contributed by atoms with Crippen LogP contribution in [0.15, 0.2) is 18.3 Å². The van der Waals surface area contributed by atoms with Gasteiger partial charge in [-0.05, 0) is 38.1 Å². The second-order valence-corrected chi connectivity index (χ2v) is 5.93. The van der Waals surface area contributed by atoms with Gasteiger partial charge in [-0.1, -0.05) is 0 Å². The molecule has 7 nitrogen and oxygen atoms in total. The Bertz CT molecular complexity index is 825. The molecule has 1 aromatic heterocycles. The second kappa shape index (κ2) is 7.61. The first-order valence-electron chi connectivity index (χ1n) is 8.17. The maximum atomic E-state index is 14.3. The number of carbonyl (C=O) groups excluding carboxylic acids is 1. The molecular weight excluding hydrogens is 344 g/mol. The number of ether oxygens (including phenoxy) is 1. The van der Waals surface area contributed by atoms with Gasteiger partial charge in [-0.2, -0.15) is 4.98 Å². The molecule has 0 radical (unpaired) electrons. The van der Waals surface area contributed by atoms with E-state index >= 15 is 0 Å². The van der Waals surface area contributed by atoms with Crippen LogP contribution in [0.2, 0.25) is 0 Å². The van der Waals surface area contributed by atoms with Gasteiger partial charge in [0, 0.05) is 12.2 Å². The number of nitrogens with two attached hydrogens (primary N) is 1. The van der Waals surface area contributed by atoms with Crippen LogP contribution in [0.1, 0.15) is 28.8 Å². The lowest BCUT2D eigenvalue weighted by atomic mass is 10.0. The van der Waals surface area contributed by atoms with Crippen molar-refractivity contribution < 1.29 is 18.3 Å². The number of nitrogens with zero attached hydrogens (tertiary/aromatic N) is 2. The Morgan fingerprint density at radius 3 is 2.73 bits per heavy atom. The molecule has 0 amide bonds. The van der Waals surface area contributed by atoms with Gasteiger partial charge in [0.15, 0.2) is 11.6 Å². The number of methoxy groups -OCH3 is 1. The molecule has 2 aromatic rings. The van der Waals surface area contributed by atoms with Crippen LogP contribution >= 0.6 is 0 Å². The van der Waals surface area contributed by atoms with E-state index in [1.807, 2.05) is 0 Å². The van der Waals surface area contributed by atoms with Crippen molar-refractivity contribution in [1.29, 1.82) is 0 Å². The summed E-state index contributed by atoms with van der Waals surface area (Å²) in [5.41, 5.74) is 4.91. The monoisotopic (exact) mass is 363 g/mol. The predicted octanol–water partition coefficient (Wildman–Crippen LogP) is 1.74. The fraction of sp³-hybridized carbons (Fsp3) is 0.353. The third-order valence-electron chi connectivity index (χ3n) is 4.24. The fourth-order valence-electron chi connectivity index (χ4n) is 2.82. The summed E-state index contributed by atoms with van der Waals surface area (Å²) in [6.45, 7) is 1.77. The molecule has 138 valence electrons. The van der Waals surface area contributed by atoms with Crippen LogP contribution in [0.5, 0.6) is 5.75 Å². The molecule has 9 heteroatoms. The Morgan fingerprint density at radius 2 is 2.08 bits per heavy atom. The standard InChI is InChI=1S/C17H19F2N5O2/c1-26-12-3-2-11(18)13(14(12)19)15(25)10-8-22-17(24-16(10)20)23-9-4-6-21-7-5-9/h2-3,8-9,21H,4-7H2,1H3,(H3,20,22,23,24). The number of anilines is 2. The van der Waals surface area contributed by atoms with E-state index in [4.69, 9.17) is 10.5 Å². The quantitative estimate of drug-likeness (QED) is 0.696. The minimum Gasteiger partial charge on any atom is -0.494 e. The summed E-state index contributed by atoms with van der Waals surface area (Å²) in [5.74, 6) is -3.15. The Labute approximate surface area is 149 Å². The molecule has 0 unspecified atom stereocenters. The van der Waals surface area contributed by atoms with Gasteiger partial charge in [0.1, 0.15) is 11.6 Å². The van der Waals surface area contributed by atoms with Crippen molar-refractivity contribution in [3.63, 3.8) is 0 Å². The predicted molar refractivity (Wildman–Crippen MR) is 92.3 cm³/mol. The minimum absolute atomic E-state index is 0.150. The number of piperidine rings is 1. The van der Waals surface area contributed by atoms with E-state index in [0.717, 1.165) is 38.1 Å². The van der Waals surface area contributed by atoms with Crippen LogP contribution in [0.25, 0.3) is 0 Å². The molecule has 1 aromatic carbocycles. The van der Waals surface area contributed by atoms with Gasteiger partial charge in [-0.25, -0.2) is 13.8 Å². The lowest BCUT2D eigenvalue weighted by molar-refractivity contribution is 0.103. The SMILES string of the molecule is COc1ccc(F)c(C(=O)c2cnc(NC3CCNCC3)nc2N)c1F. The number of rotatable bonds is 5. The van der Waals surface area contributed by atoms with Gasteiger partial charge in [-0.3, -0.25) is 4.79 Å². The molecule has 0 spiro atoms. The van der Waals surface area contributed by atoms with Crippen molar-refractivity contribution in [1.82, 2.24) is 15.3 Å². The Balaban J connectivity index is 1.86. The normalized spacial score (nSPS) is 14.9. The van der Waals surface area contributed by atoms with Crippen molar-refractivity contribution in [3.8, 4) is 5.75 Å². The van der Waals surface area contributed by atoms with Crippen LogP contribution in [0, 0.1) is 11.6 Å². The largest absolute Gasteiger partial charge is 0.494 e. The zero-order valence-electron chi connectivity index (χ0n) is 14.2. The van der Waals surface area contributed by atoms with Crippen molar-refractivity contribution in [3.05, 3.63) is 41.1 Å². The van der Waals surface area contributed by atoms with E-state index < -0.39 is 23.0 Å². The number of nitrogen functional groups attached to an aromatic ring is 1. The summed E-state index contributed by atoms with van der Waals surface area (Å²) in [4.78, 5) is 20.7. The molecule has 2 heterocycles. The smallest absolute Gasteiger partial charge is 0.224 e. The van der Waals surface area contributed by atoms with E-state index in [0.29, 0.717) is 0 Å². The number of aromatic nitrogens is 2. The van der Waals surface area contributed by atoms with Crippen molar-refractivity contribution in [2.24, 2.45) is 0 Å². The second-order valence-electron chi connectivity index (χ2n) is 5.93. The average molecular weight is 363 g/mol. The van der Waals surface area contributed by atoms with Crippen molar-refractivity contribution in [2.75, 3.05) is 31.2 Å². The van der Waals surface area contributed by atoms with Crippen LogP contribution in [-0.2, 0) is 0 Å². The highest BCUT2D eigenvalue weighted by molar-refractivity contribution is 6.12. The molecule has 0 aliphatic carbocycles. The molecule has 26 heavy (non-hydrogen) atoms. The van der Waals surface area contributed by atoms with Gasteiger partial charge in [0.2, 0.25) is 11.7 Å². The summed E-state index contributed by atoms with van der Waals surface area (Å²) in [7, 11) is 1.23. The zero-order chi connectivity index (χ0) is 18.7. The van der Waals surface area contributed by atoms with Crippen LogP contribution < -0.4 is 21.1 Å². The summed E-state index contributed by atoms with van der Waals surface area (Å²) < 4.78 is 33.1. The summed E-state index contributed by atoms with van der Waals surface area (Å²) in [5, 5.41) is 6.39. The number of benzene rings is 1. The molecule has 1 fully saturated rings. The molecule has 3 rings (SSSR count). The number of ketones is 1. The number of hydrogen-bond donors (Lipinski definition) is 3. The molecule has 1 aliphatic heterocycles. The molecule has 4 N–H and O–H groups in total. The number of carbonyl (C=O) groups is 1. The number of nitrogens with one attached hydrogen (secondary N) is 2. The summed E-state index contributed by atoms with van der Waals surface area (Å²) in [6.07, 6.45) is 2.99. The highest BCUT2D eigenvalue weighted by Crippen LogP contribution is 2.26. The van der Waals surface area contributed by atoms with E-state index in [-0.39, 0.29) is 29.1 Å². The fourth-order valence-corrected chi connectivity index (χ4v) is 2.82. The van der Waals surface area contributed by atoms with E-state index in [1.54, 1.807) is 0 Å². The number of halogens is 2. The third kappa shape index (κ3) is 3.57. The summed E-state index contributed by atoms with van der Waals surface area (Å²) >= 11 is 0. The minimum atomic E-state index is -1.09. The third-order valence-corrected chi connectivity index (χ3v) is 4.24. The van der Waals surface area contributed by atoms with Crippen molar-refractivity contribution in [2.45, 2.75) is 18.9 Å². The molecule has 0 bridgehead atoms. The van der Waals surface area contributed by atoms with Crippen molar-refractivity contribution >= 4 is 17.5 Å². The Kier molecular flexibility index (Phi) is 5.27. The molecule has 1 aliphatic rings. The lowest BCUT2D eigenvalue weighted by Gasteiger charge is -2.23. The van der Waals surface area contributed by atoms with Gasteiger partial charge in [-0.15, -0.1) is 0 Å². The molecule has 0 atom stereocenters. The van der Waals surface area contributed by atoms with Gasteiger partial charge < -0.3 is 21.1 Å². The molecule has 1 saturated heterocycles. The zero-order valence-corrected chi connectivity index (χ0v) is 14.2. The maximum Gasteiger partial charge on any atom is 0.224 e. The Hall–Kier alpha value is -2.81. The van der Waals surface area contributed by atoms with Gasteiger partial charge >= 0.3 is 0 Å². The summed E-state index contributed by atoms with van der Waals surface area (Å²) in [6, 6.07) is 2.26. The van der Waals surface area contributed by atoms with Crippen LogP contribution in [0.3, 0.4) is 0 Å². The first-order chi connectivity index (χ1) is 12.5. The van der Waals surface area contributed by atoms with Gasteiger partial charge in [0.25, 0.3) is 0 Å². The molecule has 0 saturated carbocycles.